The van der Waals surface area contributed by atoms with E-state index < -0.39 is 11.6 Å². The Morgan fingerprint density at radius 2 is 1.95 bits per heavy atom. The van der Waals surface area contributed by atoms with Gasteiger partial charge in [-0.15, -0.1) is 0 Å². The third-order valence-corrected chi connectivity index (χ3v) is 4.02. The van der Waals surface area contributed by atoms with Crippen LogP contribution in [0.5, 0.6) is 0 Å². The largest absolute Gasteiger partial charge is 0.313 e. The Kier molecular flexibility index (Phi) is 5.92. The van der Waals surface area contributed by atoms with Crippen LogP contribution in [0.3, 0.4) is 0 Å². The highest BCUT2D eigenvalue weighted by molar-refractivity contribution is 5.17. The van der Waals surface area contributed by atoms with E-state index in [1.807, 2.05) is 0 Å². The topological polar surface area (TPSA) is 15.3 Å². The maximum absolute atomic E-state index is 13.0. The molecular weight excluding hydrogens is 258 g/mol. The van der Waals surface area contributed by atoms with Gasteiger partial charge in [-0.3, -0.25) is 0 Å². The Bertz CT molecular complexity index is 415. The molecule has 0 spiro atoms. The van der Waals surface area contributed by atoms with Crippen LogP contribution >= 0.6 is 0 Å². The SMILES string of the molecule is CC1CCN(CCCNCc2ccc(F)c(F)c2)CC1. The zero-order valence-electron chi connectivity index (χ0n) is 12.2. The quantitative estimate of drug-likeness (QED) is 0.806. The first-order valence-corrected chi connectivity index (χ1v) is 7.52. The average molecular weight is 282 g/mol. The van der Waals surface area contributed by atoms with E-state index in [1.165, 1.54) is 38.1 Å². The van der Waals surface area contributed by atoms with E-state index in [-0.39, 0.29) is 0 Å². The van der Waals surface area contributed by atoms with Crippen LogP contribution in [0.15, 0.2) is 18.2 Å². The van der Waals surface area contributed by atoms with Crippen LogP contribution in [0.4, 0.5) is 8.78 Å². The minimum Gasteiger partial charge on any atom is -0.313 e. The summed E-state index contributed by atoms with van der Waals surface area (Å²) < 4.78 is 25.8. The molecule has 0 radical (unpaired) electrons. The smallest absolute Gasteiger partial charge is 0.159 e. The molecule has 1 aliphatic rings. The van der Waals surface area contributed by atoms with Gasteiger partial charge in [-0.05, 0) is 69.1 Å². The third kappa shape index (κ3) is 4.84. The molecule has 0 aliphatic carbocycles. The lowest BCUT2D eigenvalue weighted by molar-refractivity contribution is 0.190. The fourth-order valence-corrected chi connectivity index (χ4v) is 2.60. The predicted molar refractivity (Wildman–Crippen MR) is 77.5 cm³/mol. The zero-order chi connectivity index (χ0) is 14.4. The number of hydrogen-bond acceptors (Lipinski definition) is 2. The molecule has 1 fully saturated rings. The molecule has 1 aromatic rings. The summed E-state index contributed by atoms with van der Waals surface area (Å²) >= 11 is 0. The summed E-state index contributed by atoms with van der Waals surface area (Å²) in [6.07, 6.45) is 3.71. The van der Waals surface area contributed by atoms with Crippen LogP contribution < -0.4 is 5.32 Å². The molecule has 112 valence electrons. The minimum atomic E-state index is -0.784. The van der Waals surface area contributed by atoms with Crippen LogP contribution in [-0.4, -0.2) is 31.1 Å². The summed E-state index contributed by atoms with van der Waals surface area (Å²) in [4.78, 5) is 2.51. The first kappa shape index (κ1) is 15.4. The molecule has 2 nitrogen and oxygen atoms in total. The highest BCUT2D eigenvalue weighted by atomic mass is 19.2. The molecule has 1 aromatic carbocycles. The maximum Gasteiger partial charge on any atom is 0.159 e. The Hall–Kier alpha value is -1.00. The Labute approximate surface area is 120 Å². The van der Waals surface area contributed by atoms with Gasteiger partial charge in [0.25, 0.3) is 0 Å². The van der Waals surface area contributed by atoms with Crippen molar-refractivity contribution < 1.29 is 8.78 Å². The maximum atomic E-state index is 13.0. The molecule has 0 saturated carbocycles. The van der Waals surface area contributed by atoms with E-state index in [9.17, 15) is 8.78 Å². The number of rotatable bonds is 6. The van der Waals surface area contributed by atoms with Crippen LogP contribution in [0, 0.1) is 17.6 Å². The number of hydrogen-bond donors (Lipinski definition) is 1. The summed E-state index contributed by atoms with van der Waals surface area (Å²) in [5, 5.41) is 3.28. The zero-order valence-corrected chi connectivity index (χ0v) is 12.2. The molecule has 0 unspecified atom stereocenters. The van der Waals surface area contributed by atoms with Gasteiger partial charge >= 0.3 is 0 Å². The van der Waals surface area contributed by atoms with Crippen molar-refractivity contribution in [1.82, 2.24) is 10.2 Å². The molecule has 1 aliphatic heterocycles. The van der Waals surface area contributed by atoms with E-state index in [4.69, 9.17) is 0 Å². The molecule has 0 atom stereocenters. The van der Waals surface area contributed by atoms with Crippen LogP contribution in [0.2, 0.25) is 0 Å². The number of likely N-dealkylation sites (tertiary alicyclic amines) is 1. The van der Waals surface area contributed by atoms with E-state index in [1.54, 1.807) is 6.07 Å². The van der Waals surface area contributed by atoms with Crippen molar-refractivity contribution in [1.29, 1.82) is 0 Å². The van der Waals surface area contributed by atoms with E-state index >= 15 is 0 Å². The Balaban J connectivity index is 1.58. The fraction of sp³-hybridized carbons (Fsp3) is 0.625. The van der Waals surface area contributed by atoms with Crippen molar-refractivity contribution in [3.05, 3.63) is 35.4 Å². The van der Waals surface area contributed by atoms with Crippen LogP contribution in [0.25, 0.3) is 0 Å². The molecule has 1 saturated heterocycles. The molecule has 1 heterocycles. The fourth-order valence-electron chi connectivity index (χ4n) is 2.60. The summed E-state index contributed by atoms with van der Waals surface area (Å²) in [5.41, 5.74) is 0.788. The van der Waals surface area contributed by atoms with Crippen molar-refractivity contribution >= 4 is 0 Å². The number of benzene rings is 1. The second kappa shape index (κ2) is 7.70. The van der Waals surface area contributed by atoms with Crippen LogP contribution in [-0.2, 0) is 6.54 Å². The normalized spacial score (nSPS) is 17.6. The first-order chi connectivity index (χ1) is 9.65. The van der Waals surface area contributed by atoms with E-state index in [0.717, 1.165) is 31.0 Å². The molecule has 0 bridgehead atoms. The number of nitrogens with zero attached hydrogens (tertiary/aromatic N) is 1. The van der Waals surface area contributed by atoms with Gasteiger partial charge in [-0.1, -0.05) is 13.0 Å². The molecule has 2 rings (SSSR count). The second-order valence-corrected chi connectivity index (χ2v) is 5.80. The predicted octanol–water partition coefficient (Wildman–Crippen LogP) is 3.18. The molecule has 4 heteroatoms. The van der Waals surface area contributed by atoms with Crippen molar-refractivity contribution in [3.8, 4) is 0 Å². The molecular formula is C16H24F2N2. The van der Waals surface area contributed by atoms with Crippen molar-refractivity contribution in [2.75, 3.05) is 26.2 Å². The molecule has 20 heavy (non-hydrogen) atoms. The van der Waals surface area contributed by atoms with Crippen molar-refractivity contribution in [2.24, 2.45) is 5.92 Å². The first-order valence-electron chi connectivity index (χ1n) is 7.52. The van der Waals surface area contributed by atoms with Crippen LogP contribution in [0.1, 0.15) is 31.7 Å². The second-order valence-electron chi connectivity index (χ2n) is 5.80. The lowest BCUT2D eigenvalue weighted by Crippen LogP contribution is -2.34. The van der Waals surface area contributed by atoms with Gasteiger partial charge in [-0.2, -0.15) is 0 Å². The van der Waals surface area contributed by atoms with Gasteiger partial charge in [0, 0.05) is 6.54 Å². The molecule has 1 N–H and O–H groups in total. The Morgan fingerprint density at radius 3 is 2.65 bits per heavy atom. The van der Waals surface area contributed by atoms with Gasteiger partial charge in [0.05, 0.1) is 0 Å². The van der Waals surface area contributed by atoms with Crippen molar-refractivity contribution in [2.45, 2.75) is 32.7 Å². The van der Waals surface area contributed by atoms with Gasteiger partial charge in [0.1, 0.15) is 0 Å². The minimum absolute atomic E-state index is 0.592. The highest BCUT2D eigenvalue weighted by Crippen LogP contribution is 2.15. The lowest BCUT2D eigenvalue weighted by atomic mass is 9.99. The average Bonchev–Trinajstić information content (AvgIpc) is 2.44. The van der Waals surface area contributed by atoms with E-state index in [2.05, 4.69) is 17.1 Å². The summed E-state index contributed by atoms with van der Waals surface area (Å²) in [6.45, 7) is 7.37. The summed E-state index contributed by atoms with van der Waals surface area (Å²) in [5.74, 6) is -0.683. The van der Waals surface area contributed by atoms with Gasteiger partial charge in [0.15, 0.2) is 11.6 Å². The van der Waals surface area contributed by atoms with Gasteiger partial charge < -0.3 is 10.2 Å². The van der Waals surface area contributed by atoms with E-state index in [0.29, 0.717) is 6.54 Å². The number of nitrogens with one attached hydrogen (secondary N) is 1. The summed E-state index contributed by atoms with van der Waals surface area (Å²) in [7, 11) is 0. The van der Waals surface area contributed by atoms with Gasteiger partial charge in [0.2, 0.25) is 0 Å². The standard InChI is InChI=1S/C16H24F2N2/c1-13-5-9-20(10-6-13)8-2-7-19-12-14-3-4-15(17)16(18)11-14/h3-4,11,13,19H,2,5-10,12H2,1H3. The third-order valence-electron chi connectivity index (χ3n) is 4.02. The number of halogens is 2. The monoisotopic (exact) mass is 282 g/mol. The van der Waals surface area contributed by atoms with Crippen molar-refractivity contribution in [3.63, 3.8) is 0 Å². The Morgan fingerprint density at radius 1 is 1.20 bits per heavy atom. The van der Waals surface area contributed by atoms with Gasteiger partial charge in [-0.25, -0.2) is 8.78 Å². The molecule has 0 amide bonds. The number of piperidine rings is 1. The highest BCUT2D eigenvalue weighted by Gasteiger charge is 2.14. The molecule has 0 aromatic heterocycles. The summed E-state index contributed by atoms with van der Waals surface area (Å²) in [6, 6.07) is 4.06. The lowest BCUT2D eigenvalue weighted by Gasteiger charge is -2.30.